The number of rotatable bonds is 4. The van der Waals surface area contributed by atoms with Gasteiger partial charge in [-0.2, -0.15) is 0 Å². The van der Waals surface area contributed by atoms with E-state index in [2.05, 4.69) is 25.8 Å². The molecule has 0 saturated carbocycles. The summed E-state index contributed by atoms with van der Waals surface area (Å²) in [6, 6.07) is 0. The molecule has 1 aliphatic heterocycles. The molecule has 1 saturated heterocycles. The maximum absolute atomic E-state index is 5.63. The molecule has 2 heteroatoms. The molecular weight excluding hydrogens is 174 g/mol. The van der Waals surface area contributed by atoms with Crippen molar-refractivity contribution in [2.45, 2.75) is 46.6 Å². The van der Waals surface area contributed by atoms with Crippen LogP contribution in [0, 0.1) is 5.92 Å². The van der Waals surface area contributed by atoms with Crippen LogP contribution in [0.4, 0.5) is 0 Å². The van der Waals surface area contributed by atoms with E-state index >= 15 is 0 Å². The average molecular weight is 201 g/mol. The predicted octanol–water partition coefficient (Wildman–Crippen LogP) is 2.78. The van der Waals surface area contributed by atoms with Gasteiger partial charge in [-0.15, -0.1) is 0 Å². The molecule has 2 unspecified atom stereocenters. The topological polar surface area (TPSA) is 12.5 Å². The summed E-state index contributed by atoms with van der Waals surface area (Å²) in [5.41, 5.74) is 0. The van der Waals surface area contributed by atoms with Gasteiger partial charge in [-0.05, 0) is 32.4 Å². The summed E-state index contributed by atoms with van der Waals surface area (Å²) in [6.07, 6.45) is 3.04. The van der Waals surface area contributed by atoms with Gasteiger partial charge in [0.25, 0.3) is 0 Å². The fourth-order valence-electron chi connectivity index (χ4n) is 1.79. The summed E-state index contributed by atoms with van der Waals surface area (Å²) in [6.45, 7) is 11.8. The molecule has 1 aliphatic rings. The van der Waals surface area contributed by atoms with Crippen LogP contribution in [0.15, 0.2) is 0 Å². The minimum absolute atomic E-state index is 0.527. The van der Waals surface area contributed by atoms with Gasteiger partial charge in [-0.1, -0.05) is 27.7 Å². The first kappa shape index (κ1) is 13.9. The van der Waals surface area contributed by atoms with Gasteiger partial charge in [-0.3, -0.25) is 0 Å². The van der Waals surface area contributed by atoms with Crippen molar-refractivity contribution in [3.63, 3.8) is 0 Å². The van der Waals surface area contributed by atoms with E-state index in [9.17, 15) is 0 Å². The van der Waals surface area contributed by atoms with Gasteiger partial charge < -0.3 is 9.64 Å². The summed E-state index contributed by atoms with van der Waals surface area (Å²) >= 11 is 0. The van der Waals surface area contributed by atoms with Gasteiger partial charge in [0.1, 0.15) is 0 Å². The average Bonchev–Trinajstić information content (AvgIpc) is 2.73. The van der Waals surface area contributed by atoms with Crippen molar-refractivity contribution in [2.75, 3.05) is 26.7 Å². The molecule has 0 bridgehead atoms. The van der Waals surface area contributed by atoms with Crippen molar-refractivity contribution < 1.29 is 4.74 Å². The predicted molar refractivity (Wildman–Crippen MR) is 62.7 cm³/mol. The SMILES string of the molecule is CC.CCN(C)CC(C)C1CCCO1. The lowest BCUT2D eigenvalue weighted by molar-refractivity contribution is 0.0570. The Morgan fingerprint density at radius 3 is 2.50 bits per heavy atom. The summed E-state index contributed by atoms with van der Waals surface area (Å²) in [4.78, 5) is 2.35. The third-order valence-electron chi connectivity index (χ3n) is 2.74. The number of nitrogens with zero attached hydrogens (tertiary/aromatic N) is 1. The van der Waals surface area contributed by atoms with Crippen molar-refractivity contribution >= 4 is 0 Å². The zero-order valence-electron chi connectivity index (χ0n) is 10.5. The first-order valence-corrected chi connectivity index (χ1v) is 6.04. The highest BCUT2D eigenvalue weighted by molar-refractivity contribution is 4.73. The summed E-state index contributed by atoms with van der Waals surface area (Å²) in [5, 5.41) is 0. The minimum atomic E-state index is 0.527. The molecule has 1 heterocycles. The Morgan fingerprint density at radius 1 is 1.43 bits per heavy atom. The van der Waals surface area contributed by atoms with E-state index in [1.54, 1.807) is 0 Å². The van der Waals surface area contributed by atoms with Crippen LogP contribution in [0.2, 0.25) is 0 Å². The Kier molecular flexibility index (Phi) is 8.20. The lowest BCUT2D eigenvalue weighted by atomic mass is 10.0. The second-order valence-electron chi connectivity index (χ2n) is 3.88. The van der Waals surface area contributed by atoms with Crippen molar-refractivity contribution in [2.24, 2.45) is 5.92 Å². The fraction of sp³-hybridized carbons (Fsp3) is 1.00. The lowest BCUT2D eigenvalue weighted by Gasteiger charge is -2.23. The largest absolute Gasteiger partial charge is 0.378 e. The zero-order chi connectivity index (χ0) is 11.0. The zero-order valence-corrected chi connectivity index (χ0v) is 10.5. The molecule has 86 valence electrons. The van der Waals surface area contributed by atoms with E-state index in [0.29, 0.717) is 12.0 Å². The van der Waals surface area contributed by atoms with Crippen molar-refractivity contribution in [3.8, 4) is 0 Å². The highest BCUT2D eigenvalue weighted by Gasteiger charge is 2.22. The van der Waals surface area contributed by atoms with E-state index < -0.39 is 0 Å². The van der Waals surface area contributed by atoms with Crippen LogP contribution in [0.1, 0.15) is 40.5 Å². The first-order chi connectivity index (χ1) is 6.74. The fourth-order valence-corrected chi connectivity index (χ4v) is 1.79. The van der Waals surface area contributed by atoms with Crippen LogP contribution in [0.25, 0.3) is 0 Å². The Balaban J connectivity index is 0.000000791. The summed E-state index contributed by atoms with van der Waals surface area (Å²) < 4.78 is 5.63. The summed E-state index contributed by atoms with van der Waals surface area (Å²) in [5.74, 6) is 0.692. The molecule has 0 aromatic heterocycles. The highest BCUT2D eigenvalue weighted by atomic mass is 16.5. The molecule has 0 amide bonds. The molecule has 0 N–H and O–H groups in total. The Labute approximate surface area is 89.6 Å². The molecule has 0 spiro atoms. The summed E-state index contributed by atoms with van der Waals surface area (Å²) in [7, 11) is 2.17. The molecule has 0 radical (unpaired) electrons. The van der Waals surface area contributed by atoms with Crippen molar-refractivity contribution in [1.82, 2.24) is 4.90 Å². The van der Waals surface area contributed by atoms with E-state index in [1.807, 2.05) is 13.8 Å². The molecule has 0 aromatic carbocycles. The van der Waals surface area contributed by atoms with Crippen LogP contribution < -0.4 is 0 Å². The van der Waals surface area contributed by atoms with Gasteiger partial charge in [0, 0.05) is 13.2 Å². The van der Waals surface area contributed by atoms with E-state index in [0.717, 1.165) is 13.2 Å². The molecule has 14 heavy (non-hydrogen) atoms. The van der Waals surface area contributed by atoms with Gasteiger partial charge >= 0.3 is 0 Å². The van der Waals surface area contributed by atoms with Crippen molar-refractivity contribution in [3.05, 3.63) is 0 Å². The second kappa shape index (κ2) is 8.25. The number of ether oxygens (including phenoxy) is 1. The number of hydrogen-bond acceptors (Lipinski definition) is 2. The van der Waals surface area contributed by atoms with Gasteiger partial charge in [-0.25, -0.2) is 0 Å². The highest BCUT2D eigenvalue weighted by Crippen LogP contribution is 2.20. The Hall–Kier alpha value is -0.0800. The molecule has 2 nitrogen and oxygen atoms in total. The third-order valence-corrected chi connectivity index (χ3v) is 2.74. The molecular formula is C12H27NO. The molecule has 2 atom stereocenters. The van der Waals surface area contributed by atoms with Crippen LogP contribution >= 0.6 is 0 Å². The standard InChI is InChI=1S/C10H21NO.C2H6/c1-4-11(3)8-9(2)10-6-5-7-12-10;1-2/h9-10H,4-8H2,1-3H3;1-2H3. The second-order valence-corrected chi connectivity index (χ2v) is 3.88. The minimum Gasteiger partial charge on any atom is -0.378 e. The monoisotopic (exact) mass is 201 g/mol. The normalized spacial score (nSPS) is 23.1. The van der Waals surface area contributed by atoms with Gasteiger partial charge in [0.2, 0.25) is 0 Å². The van der Waals surface area contributed by atoms with Crippen LogP contribution in [-0.2, 0) is 4.74 Å². The van der Waals surface area contributed by atoms with Gasteiger partial charge in [0.05, 0.1) is 6.10 Å². The number of hydrogen-bond donors (Lipinski definition) is 0. The van der Waals surface area contributed by atoms with E-state index in [1.165, 1.54) is 19.4 Å². The Bertz CT molecular complexity index is 121. The van der Waals surface area contributed by atoms with E-state index in [-0.39, 0.29) is 0 Å². The maximum Gasteiger partial charge on any atom is 0.0613 e. The van der Waals surface area contributed by atoms with Crippen LogP contribution in [0.3, 0.4) is 0 Å². The lowest BCUT2D eigenvalue weighted by Crippen LogP contribution is -2.30. The molecule has 0 aliphatic carbocycles. The van der Waals surface area contributed by atoms with Crippen LogP contribution in [0.5, 0.6) is 0 Å². The molecule has 1 fully saturated rings. The van der Waals surface area contributed by atoms with E-state index in [4.69, 9.17) is 4.74 Å². The maximum atomic E-state index is 5.63. The molecule has 1 rings (SSSR count). The van der Waals surface area contributed by atoms with Crippen molar-refractivity contribution in [1.29, 1.82) is 0 Å². The first-order valence-electron chi connectivity index (χ1n) is 6.04. The van der Waals surface area contributed by atoms with Crippen LogP contribution in [-0.4, -0.2) is 37.7 Å². The molecule has 0 aromatic rings. The third kappa shape index (κ3) is 4.97. The smallest absolute Gasteiger partial charge is 0.0613 e. The Morgan fingerprint density at radius 2 is 2.07 bits per heavy atom. The van der Waals surface area contributed by atoms with Gasteiger partial charge in [0.15, 0.2) is 0 Å². The quantitative estimate of drug-likeness (QED) is 0.693.